The number of methoxy groups -OCH3 is 2. The van der Waals surface area contributed by atoms with E-state index in [-0.39, 0.29) is 12.3 Å². The van der Waals surface area contributed by atoms with Crippen LogP contribution in [0.3, 0.4) is 0 Å². The highest BCUT2D eigenvalue weighted by Crippen LogP contribution is 2.14. The lowest BCUT2D eigenvalue weighted by molar-refractivity contribution is -0.122. The molecular formula is C12H21N3O2. The van der Waals surface area contributed by atoms with Gasteiger partial charge in [0.1, 0.15) is 0 Å². The van der Waals surface area contributed by atoms with Crippen LogP contribution >= 0.6 is 0 Å². The lowest BCUT2D eigenvalue weighted by Crippen LogP contribution is -2.43. The molecule has 5 heteroatoms. The molecule has 1 unspecified atom stereocenters. The van der Waals surface area contributed by atoms with Crippen molar-refractivity contribution in [1.82, 2.24) is 10.3 Å². The Morgan fingerprint density at radius 1 is 1.41 bits per heavy atom. The van der Waals surface area contributed by atoms with Crippen molar-refractivity contribution in [1.29, 1.82) is 0 Å². The van der Waals surface area contributed by atoms with Gasteiger partial charge >= 0.3 is 0 Å². The molecule has 1 rings (SSSR count). The minimum Gasteiger partial charge on any atom is -0.398 e. The van der Waals surface area contributed by atoms with E-state index in [0.717, 1.165) is 24.2 Å². The zero-order valence-corrected chi connectivity index (χ0v) is 10.6. The summed E-state index contributed by atoms with van der Waals surface area (Å²) < 4.78 is 10.6. The van der Waals surface area contributed by atoms with Gasteiger partial charge in [-0.1, -0.05) is 6.92 Å². The monoisotopic (exact) mass is 239 g/mol. The number of nitrogens with one attached hydrogen (secondary N) is 1. The van der Waals surface area contributed by atoms with Crippen LogP contribution in [0.5, 0.6) is 0 Å². The van der Waals surface area contributed by atoms with E-state index < -0.39 is 0 Å². The first kappa shape index (κ1) is 13.9. The van der Waals surface area contributed by atoms with Crippen LogP contribution in [0.2, 0.25) is 0 Å². The highest BCUT2D eigenvalue weighted by atomic mass is 16.7. The summed E-state index contributed by atoms with van der Waals surface area (Å²) in [6, 6.07) is 1.86. The molecule has 0 saturated carbocycles. The molecule has 1 heterocycles. The number of likely N-dealkylation sites (N-methyl/N-ethyl adjacent to an activating group) is 1. The van der Waals surface area contributed by atoms with Crippen molar-refractivity contribution in [2.24, 2.45) is 0 Å². The van der Waals surface area contributed by atoms with Gasteiger partial charge in [-0.2, -0.15) is 0 Å². The Morgan fingerprint density at radius 3 is 2.65 bits per heavy atom. The minimum absolute atomic E-state index is 0.0569. The molecule has 96 valence electrons. The molecule has 0 radical (unpaired) electrons. The predicted molar refractivity (Wildman–Crippen MR) is 67.6 cm³/mol. The van der Waals surface area contributed by atoms with Crippen molar-refractivity contribution in [3.8, 4) is 0 Å². The first-order chi connectivity index (χ1) is 8.22. The van der Waals surface area contributed by atoms with Crippen molar-refractivity contribution in [3.63, 3.8) is 0 Å². The van der Waals surface area contributed by atoms with Crippen LogP contribution in [0, 0.1) is 0 Å². The van der Waals surface area contributed by atoms with Crippen LogP contribution < -0.4 is 11.1 Å². The number of nitrogens with zero attached hydrogens (tertiary/aromatic N) is 1. The van der Waals surface area contributed by atoms with Gasteiger partial charge in [-0.05, 0) is 24.6 Å². The second-order valence-corrected chi connectivity index (χ2v) is 3.78. The molecule has 0 aliphatic rings. The molecule has 5 nitrogen and oxygen atoms in total. The van der Waals surface area contributed by atoms with Gasteiger partial charge in [0, 0.05) is 32.3 Å². The third kappa shape index (κ3) is 3.96. The molecule has 17 heavy (non-hydrogen) atoms. The van der Waals surface area contributed by atoms with Crippen molar-refractivity contribution >= 4 is 5.69 Å². The molecule has 1 aromatic heterocycles. The summed E-state index contributed by atoms with van der Waals surface area (Å²) >= 11 is 0. The highest BCUT2D eigenvalue weighted by molar-refractivity contribution is 5.44. The fraction of sp³-hybridized carbons (Fsp3) is 0.583. The number of anilines is 1. The fourth-order valence-corrected chi connectivity index (χ4v) is 1.80. The Bertz CT molecular complexity index is 329. The molecule has 0 aliphatic carbocycles. The van der Waals surface area contributed by atoms with E-state index in [1.54, 1.807) is 32.7 Å². The third-order valence-electron chi connectivity index (χ3n) is 2.64. The van der Waals surface area contributed by atoms with Gasteiger partial charge in [0.2, 0.25) is 0 Å². The van der Waals surface area contributed by atoms with Gasteiger partial charge in [-0.3, -0.25) is 4.98 Å². The van der Waals surface area contributed by atoms with Crippen molar-refractivity contribution in [2.45, 2.75) is 25.7 Å². The molecule has 0 spiro atoms. The molecule has 0 aromatic carbocycles. The normalized spacial score (nSPS) is 12.9. The Kier molecular flexibility index (Phi) is 5.90. The lowest BCUT2D eigenvalue weighted by atomic mass is 10.1. The molecule has 0 saturated heterocycles. The SMILES string of the molecule is CCNC(Cc1cnccc1N)C(OC)OC. The number of pyridine rings is 1. The summed E-state index contributed by atoms with van der Waals surface area (Å²) in [6.07, 6.45) is 3.89. The predicted octanol–water partition coefficient (Wildman–Crippen LogP) is 0.803. The second kappa shape index (κ2) is 7.21. The topological polar surface area (TPSA) is 69.4 Å². The van der Waals surface area contributed by atoms with Crippen LogP contribution in [0.1, 0.15) is 12.5 Å². The van der Waals surface area contributed by atoms with Gasteiger partial charge in [0.15, 0.2) is 6.29 Å². The Morgan fingerprint density at radius 2 is 2.12 bits per heavy atom. The molecule has 0 bridgehead atoms. The number of nitrogen functional groups attached to an aromatic ring is 1. The number of hydrogen-bond donors (Lipinski definition) is 2. The first-order valence-corrected chi connectivity index (χ1v) is 5.70. The summed E-state index contributed by atoms with van der Waals surface area (Å²) in [4.78, 5) is 4.08. The molecule has 3 N–H and O–H groups in total. The third-order valence-corrected chi connectivity index (χ3v) is 2.64. The number of ether oxygens (including phenoxy) is 2. The zero-order valence-electron chi connectivity index (χ0n) is 10.6. The number of nitrogens with two attached hydrogens (primary N) is 1. The number of aromatic nitrogens is 1. The largest absolute Gasteiger partial charge is 0.398 e. The molecule has 0 amide bonds. The van der Waals surface area contributed by atoms with Crippen LogP contribution in [0.15, 0.2) is 18.5 Å². The van der Waals surface area contributed by atoms with E-state index in [9.17, 15) is 0 Å². The van der Waals surface area contributed by atoms with Crippen LogP contribution in [0.25, 0.3) is 0 Å². The zero-order chi connectivity index (χ0) is 12.7. The van der Waals surface area contributed by atoms with E-state index >= 15 is 0 Å². The Balaban J connectivity index is 2.75. The summed E-state index contributed by atoms with van der Waals surface area (Å²) in [5.74, 6) is 0. The summed E-state index contributed by atoms with van der Waals surface area (Å²) in [6.45, 7) is 2.88. The molecule has 1 atom stereocenters. The van der Waals surface area contributed by atoms with E-state index in [1.165, 1.54) is 0 Å². The number of hydrogen-bond acceptors (Lipinski definition) is 5. The van der Waals surface area contributed by atoms with Crippen molar-refractivity contribution in [2.75, 3.05) is 26.5 Å². The quantitative estimate of drug-likeness (QED) is 0.689. The van der Waals surface area contributed by atoms with E-state index in [1.807, 2.05) is 6.92 Å². The van der Waals surface area contributed by atoms with Crippen LogP contribution in [-0.4, -0.2) is 38.1 Å². The molecule has 0 fully saturated rings. The van der Waals surface area contributed by atoms with Crippen LogP contribution in [0.4, 0.5) is 5.69 Å². The van der Waals surface area contributed by atoms with Crippen molar-refractivity contribution in [3.05, 3.63) is 24.0 Å². The van der Waals surface area contributed by atoms with Crippen molar-refractivity contribution < 1.29 is 9.47 Å². The van der Waals surface area contributed by atoms with Gasteiger partial charge in [-0.25, -0.2) is 0 Å². The van der Waals surface area contributed by atoms with Gasteiger partial charge < -0.3 is 20.5 Å². The smallest absolute Gasteiger partial charge is 0.172 e. The second-order valence-electron chi connectivity index (χ2n) is 3.78. The molecule has 0 aliphatic heterocycles. The Hall–Kier alpha value is -1.17. The maximum atomic E-state index is 5.90. The minimum atomic E-state index is -0.297. The number of rotatable bonds is 7. The van der Waals surface area contributed by atoms with E-state index in [0.29, 0.717) is 0 Å². The van der Waals surface area contributed by atoms with Gasteiger partial charge in [0.25, 0.3) is 0 Å². The standard InChI is InChI=1S/C12H21N3O2/c1-4-15-11(12(16-2)17-3)7-9-8-14-6-5-10(9)13/h5-6,8,11-12,15H,4,7H2,1-3H3,(H2,13,14). The van der Waals surface area contributed by atoms with Crippen LogP contribution in [-0.2, 0) is 15.9 Å². The first-order valence-electron chi connectivity index (χ1n) is 5.70. The average molecular weight is 239 g/mol. The average Bonchev–Trinajstić information content (AvgIpc) is 2.34. The maximum Gasteiger partial charge on any atom is 0.172 e. The lowest BCUT2D eigenvalue weighted by Gasteiger charge is -2.25. The van der Waals surface area contributed by atoms with E-state index in [2.05, 4.69) is 10.3 Å². The molecular weight excluding hydrogens is 218 g/mol. The molecule has 1 aromatic rings. The van der Waals surface area contributed by atoms with Gasteiger partial charge in [0.05, 0.1) is 6.04 Å². The summed E-state index contributed by atoms with van der Waals surface area (Å²) in [7, 11) is 3.26. The van der Waals surface area contributed by atoms with Gasteiger partial charge in [-0.15, -0.1) is 0 Å². The Labute approximate surface area is 102 Å². The maximum absolute atomic E-state index is 5.90. The van der Waals surface area contributed by atoms with E-state index in [4.69, 9.17) is 15.2 Å². The summed E-state index contributed by atoms with van der Waals surface area (Å²) in [5, 5.41) is 3.33. The summed E-state index contributed by atoms with van der Waals surface area (Å²) in [5.41, 5.74) is 7.64. The fourth-order valence-electron chi connectivity index (χ4n) is 1.80. The highest BCUT2D eigenvalue weighted by Gasteiger charge is 2.21.